The fraction of sp³-hybridized carbons (Fsp3) is 0.263. The molecule has 4 aromatic heterocycles. The lowest BCUT2D eigenvalue weighted by Crippen LogP contribution is -2.50. The molecule has 0 bridgehead atoms. The van der Waals surface area contributed by atoms with E-state index in [1.807, 2.05) is 36.4 Å². The number of hydrogen-bond acceptors (Lipinski definition) is 12. The second-order valence-electron chi connectivity index (χ2n) is 41.9. The quantitative estimate of drug-likeness (QED) is 0.104. The molecule has 4 aliphatic rings. The number of hydrogen-bond donors (Lipinski definition) is 0. The average molecular weight is 1920 g/mol. The van der Waals surface area contributed by atoms with Crippen LogP contribution in [-0.4, -0.2) is 12.3 Å². The zero-order valence-electron chi connectivity index (χ0n) is 85.7. The van der Waals surface area contributed by atoms with Crippen LogP contribution in [0.4, 0.5) is 45.5 Å². The molecule has 0 saturated heterocycles. The molecule has 0 N–H and O–H groups in total. The summed E-state index contributed by atoms with van der Waals surface area (Å²) in [7, 11) is 0. The Hall–Kier alpha value is -15.1. The van der Waals surface area contributed by atoms with Gasteiger partial charge in [-0.15, -0.1) is 0 Å². The number of fused-ring (bicyclic) bond motifs is 12. The Balaban J connectivity index is 0.000000137. The Bertz CT molecular complexity index is 8020. The molecule has 0 aliphatic carbocycles. The summed E-state index contributed by atoms with van der Waals surface area (Å²) in [5.74, 6) is 1.12. The molecule has 0 saturated carbocycles. The topological polar surface area (TPSA) is 78.5 Å². The molecule has 0 radical (unpaired) electrons. The molecule has 19 aromatic rings. The predicted octanol–water partition coefficient (Wildman–Crippen LogP) is 38.2. The summed E-state index contributed by atoms with van der Waals surface area (Å²) in [6.45, 7) is 50.2. The fourth-order valence-electron chi connectivity index (χ4n) is 23.1. The first-order valence-corrected chi connectivity index (χ1v) is 50.1. The average Bonchev–Trinajstić information content (AvgIpc) is 1.55. The molecule has 742 valence electrons. The molecule has 4 atom stereocenters. The van der Waals surface area contributed by atoms with Crippen molar-refractivity contribution in [1.82, 2.24) is 0 Å². The zero-order valence-corrected chi connectivity index (χ0v) is 85.7. The maximum Gasteiger partial charge on any atom is 0.137 e. The Morgan fingerprint density at radius 1 is 0.221 bits per heavy atom. The van der Waals surface area contributed by atoms with Gasteiger partial charge in [0.05, 0.1) is 5.70 Å². The van der Waals surface area contributed by atoms with Crippen molar-refractivity contribution >= 4 is 139 Å². The van der Waals surface area contributed by atoms with E-state index in [1.54, 1.807) is 0 Å². The molecule has 4 unspecified atom stereocenters. The van der Waals surface area contributed by atoms with Gasteiger partial charge in [-0.1, -0.05) is 337 Å². The zero-order chi connectivity index (χ0) is 98.5. The minimum Gasteiger partial charge on any atom is -0.456 e. The highest BCUT2D eigenvalue weighted by atomic mass is 16.3. The Labute approximate surface area is 861 Å². The van der Waals surface area contributed by atoms with E-state index in [0.717, 1.165) is 77.0 Å². The first-order valence-electron chi connectivity index (χ1n) is 50.1. The Morgan fingerprint density at radius 3 is 0.807 bits per heavy atom. The molecule has 12 heteroatoms. The summed E-state index contributed by atoms with van der Waals surface area (Å²) in [5.41, 5.74) is 39.1. The van der Waals surface area contributed by atoms with E-state index in [2.05, 4.69) is 501 Å². The van der Waals surface area contributed by atoms with E-state index < -0.39 is 0 Å². The van der Waals surface area contributed by atoms with Crippen molar-refractivity contribution in [2.45, 2.75) is 207 Å². The third kappa shape index (κ3) is 18.5. The lowest BCUT2D eigenvalue weighted by Gasteiger charge is -2.43. The van der Waals surface area contributed by atoms with Crippen molar-refractivity contribution in [3.05, 3.63) is 436 Å². The smallest absolute Gasteiger partial charge is 0.137 e. The van der Waals surface area contributed by atoms with Gasteiger partial charge in [-0.05, 0) is 253 Å². The molecule has 0 fully saturated rings. The van der Waals surface area contributed by atoms with Crippen molar-refractivity contribution < 1.29 is 17.7 Å². The SMILES string of the molecule is C.C.C.C.CC1=C(C(C)C)N(c2ccccc2)C(C(C)(C)C)N1c1cc2c(cc1C)oc1ccccc12.CC1=C(C(C)C)N(c2ccccc2)C(c2c(C)cccc2C)N1c1cc2c(cc1C)oc1ccccc12.CC1=C(C(C)C)N(c2ccccc2)C(c2ccccc2)N1c1cc2c(cc1C)oc1ccccc12.CC1=C(c2ccccc2)N(c2ccccc2)C(C(C)(C)C)N1c1cc2c(cc1C)oc1ccccc12. The number of para-hydroxylation sites is 8. The largest absolute Gasteiger partial charge is 0.456 e. The molecule has 12 nitrogen and oxygen atoms in total. The van der Waals surface area contributed by atoms with Gasteiger partial charge >= 0.3 is 0 Å². The number of aryl methyl sites for hydroxylation is 6. The summed E-state index contributed by atoms with van der Waals surface area (Å²) in [6.07, 6.45) is 0.275. The van der Waals surface area contributed by atoms with Crippen LogP contribution in [-0.2, 0) is 0 Å². The summed E-state index contributed by atoms with van der Waals surface area (Å²) in [5, 5.41) is 9.30. The molecule has 0 amide bonds. The summed E-state index contributed by atoms with van der Waals surface area (Å²) in [4.78, 5) is 20.4. The van der Waals surface area contributed by atoms with Gasteiger partial charge < -0.3 is 56.9 Å². The first kappa shape index (κ1) is 103. The molecule has 15 aromatic carbocycles. The van der Waals surface area contributed by atoms with Gasteiger partial charge in [-0.25, -0.2) is 0 Å². The van der Waals surface area contributed by atoms with E-state index in [0.29, 0.717) is 17.8 Å². The van der Waals surface area contributed by atoms with Crippen LogP contribution in [0.3, 0.4) is 0 Å². The number of nitrogens with zero attached hydrogens (tertiary/aromatic N) is 8. The van der Waals surface area contributed by atoms with Crippen LogP contribution < -0.4 is 39.2 Å². The number of benzene rings is 15. The number of furan rings is 4. The number of rotatable bonds is 14. The third-order valence-corrected chi connectivity index (χ3v) is 29.0. The van der Waals surface area contributed by atoms with E-state index >= 15 is 0 Å². The van der Waals surface area contributed by atoms with E-state index in [-0.39, 0.29) is 65.2 Å². The van der Waals surface area contributed by atoms with Crippen LogP contribution in [0.1, 0.15) is 203 Å². The lowest BCUT2D eigenvalue weighted by molar-refractivity contribution is 0.320. The standard InChI is InChI=1S/C34H34N2O.C33H32N2O.C32H30N2O.C30H34N2O.4CH4/c1-21(2)33-25(6)35(29-20-28-27-17-10-11-18-30(27)37-31(28)19-24(29)5)34(32-22(3)13-12-14-23(32)4)36(33)26-15-8-7-9-16-26;1-22-20-30-27(26-18-12-13-19-29(26)36-30)21-28(22)34-23(2)31(24-14-8-6-9-15-24)35(32(34)33(3,4)5)25-16-10-7-11-17-25;1-21(2)31-23(4)33(28-20-27-26-17-11-12-18-29(26)35-30(27)19-22(28)3)32(24-13-7-5-8-14-24)34(31)25-15-9-6-10-16-25;1-19(2)28-21(4)31(29(30(5,6)7)32(28)22-13-9-8-10-14-22)25-18-24-23-15-11-12-16-26(23)33-27(24)17-20(25)3;;;;/h7-21,34H,1-6H3;6-21,32H,1-5H3;5-21,32H,1-4H3;8-19,29H,1-7H3;4*1H4. The van der Waals surface area contributed by atoms with Crippen LogP contribution >= 0.6 is 0 Å². The van der Waals surface area contributed by atoms with E-state index in [9.17, 15) is 0 Å². The van der Waals surface area contributed by atoms with Gasteiger partial charge in [-0.2, -0.15) is 0 Å². The summed E-state index contributed by atoms with van der Waals surface area (Å²) in [6, 6.07) is 123. The van der Waals surface area contributed by atoms with Gasteiger partial charge in [0.1, 0.15) is 69.3 Å². The Morgan fingerprint density at radius 2 is 0.476 bits per heavy atom. The molecule has 145 heavy (non-hydrogen) atoms. The predicted molar refractivity (Wildman–Crippen MR) is 622 cm³/mol. The maximum atomic E-state index is 6.24. The molecule has 23 rings (SSSR count). The minimum absolute atomic E-state index is 0. The highest BCUT2D eigenvalue weighted by Crippen LogP contribution is 2.56. The van der Waals surface area contributed by atoms with Crippen LogP contribution in [0, 0.1) is 70.1 Å². The molecular formula is C133H146N8O4. The van der Waals surface area contributed by atoms with Crippen molar-refractivity contribution in [3.8, 4) is 0 Å². The second-order valence-corrected chi connectivity index (χ2v) is 41.9. The van der Waals surface area contributed by atoms with Crippen LogP contribution in [0.2, 0.25) is 0 Å². The van der Waals surface area contributed by atoms with E-state index in [1.165, 1.54) is 152 Å². The molecule has 0 spiro atoms. The maximum absolute atomic E-state index is 6.24. The molecule has 4 aliphatic heterocycles. The summed E-state index contributed by atoms with van der Waals surface area (Å²) < 4.78 is 24.8. The lowest BCUT2D eigenvalue weighted by atomic mass is 9.89. The van der Waals surface area contributed by atoms with Crippen molar-refractivity contribution in [2.24, 2.45) is 28.6 Å². The number of anilines is 8. The van der Waals surface area contributed by atoms with Gasteiger partial charge in [0.2, 0.25) is 0 Å². The highest BCUT2D eigenvalue weighted by Gasteiger charge is 2.49. The van der Waals surface area contributed by atoms with Crippen molar-refractivity contribution in [2.75, 3.05) is 39.2 Å². The van der Waals surface area contributed by atoms with Gasteiger partial charge in [-0.3, -0.25) is 0 Å². The van der Waals surface area contributed by atoms with Crippen LogP contribution in [0.25, 0.3) is 93.5 Å². The minimum atomic E-state index is -0.0481. The number of allylic oxidation sites excluding steroid dienone is 7. The first-order chi connectivity index (χ1) is 67.9. The molecule has 8 heterocycles. The molecular weight excluding hydrogens is 1770 g/mol. The fourth-order valence-corrected chi connectivity index (χ4v) is 23.1. The van der Waals surface area contributed by atoms with Crippen LogP contribution in [0.5, 0.6) is 0 Å². The third-order valence-electron chi connectivity index (χ3n) is 29.0. The van der Waals surface area contributed by atoms with Crippen LogP contribution in [0.15, 0.2) is 403 Å². The van der Waals surface area contributed by atoms with Gasteiger partial charge in [0.25, 0.3) is 0 Å². The van der Waals surface area contributed by atoms with Gasteiger partial charge in [0, 0.05) is 145 Å². The normalized spacial score (nSPS) is 16.1. The summed E-state index contributed by atoms with van der Waals surface area (Å²) >= 11 is 0. The Kier molecular flexibility index (Phi) is 29.3. The van der Waals surface area contributed by atoms with Gasteiger partial charge in [0.15, 0.2) is 0 Å². The van der Waals surface area contributed by atoms with Crippen molar-refractivity contribution in [3.63, 3.8) is 0 Å². The second kappa shape index (κ2) is 41.3. The van der Waals surface area contributed by atoms with E-state index in [4.69, 9.17) is 17.7 Å². The highest BCUT2D eigenvalue weighted by molar-refractivity contribution is 6.10. The van der Waals surface area contributed by atoms with Crippen molar-refractivity contribution in [1.29, 1.82) is 0 Å². The monoisotopic (exact) mass is 1920 g/mol.